The molecule has 0 fully saturated rings. The molecule has 7 heteroatoms. The molecule has 0 bridgehead atoms. The lowest BCUT2D eigenvalue weighted by Crippen LogP contribution is -2.43. The Morgan fingerprint density at radius 1 is 1.16 bits per heavy atom. The second-order valence-electron chi connectivity index (χ2n) is 7.91. The van der Waals surface area contributed by atoms with Crippen molar-refractivity contribution in [1.29, 1.82) is 0 Å². The van der Waals surface area contributed by atoms with Gasteiger partial charge in [-0.1, -0.05) is 43.2 Å². The number of primary amides is 1. The zero-order valence-electron chi connectivity index (χ0n) is 17.9. The third-order valence-corrected chi connectivity index (χ3v) is 5.41. The summed E-state index contributed by atoms with van der Waals surface area (Å²) in [4.78, 5) is 27.9. The Kier molecular flexibility index (Phi) is 7.41. The van der Waals surface area contributed by atoms with E-state index in [9.17, 15) is 14.7 Å². The minimum absolute atomic E-state index is 0.0148. The second kappa shape index (κ2) is 10.2. The first-order chi connectivity index (χ1) is 14.9. The van der Waals surface area contributed by atoms with Gasteiger partial charge in [0.15, 0.2) is 5.60 Å². The molecule has 1 heterocycles. The molecule has 1 unspecified atom stereocenters. The van der Waals surface area contributed by atoms with Gasteiger partial charge in [-0.2, -0.15) is 0 Å². The summed E-state index contributed by atoms with van der Waals surface area (Å²) in [5.74, 6) is -1.02. The van der Waals surface area contributed by atoms with Crippen molar-refractivity contribution in [1.82, 2.24) is 10.3 Å². The van der Waals surface area contributed by atoms with Crippen LogP contribution >= 0.6 is 0 Å². The Morgan fingerprint density at radius 2 is 1.90 bits per heavy atom. The normalized spacial score (nSPS) is 17.9. The molecule has 1 atom stereocenters. The number of carbonyl (C=O) groups excluding carboxylic acids is 2. The number of rotatable bonds is 10. The smallest absolute Gasteiger partial charge is 0.253 e. The third-order valence-electron chi connectivity index (χ3n) is 5.41. The number of hydrogen-bond acceptors (Lipinski definition) is 5. The molecule has 7 nitrogen and oxygen atoms in total. The number of aryl methyl sites for hydroxylation is 1. The Labute approximate surface area is 182 Å². The van der Waals surface area contributed by atoms with Gasteiger partial charge in [-0.05, 0) is 38.0 Å². The van der Waals surface area contributed by atoms with Gasteiger partial charge >= 0.3 is 0 Å². The summed E-state index contributed by atoms with van der Waals surface area (Å²) in [6, 6.07) is 10.2. The second-order valence-corrected chi connectivity index (χ2v) is 7.91. The molecule has 3 rings (SSSR count). The monoisotopic (exact) mass is 422 g/mol. The summed E-state index contributed by atoms with van der Waals surface area (Å²) < 4.78 is 0. The van der Waals surface area contributed by atoms with Gasteiger partial charge in [-0.3, -0.25) is 14.6 Å². The van der Waals surface area contributed by atoms with Crippen LogP contribution in [0.1, 0.15) is 37.8 Å². The maximum atomic E-state index is 12.2. The van der Waals surface area contributed by atoms with Crippen molar-refractivity contribution in [3.8, 4) is 0 Å². The van der Waals surface area contributed by atoms with Gasteiger partial charge in [0, 0.05) is 41.9 Å². The van der Waals surface area contributed by atoms with Crippen LogP contribution < -0.4 is 16.4 Å². The summed E-state index contributed by atoms with van der Waals surface area (Å²) in [6.07, 6.45) is 8.31. The molecule has 5 N–H and O–H groups in total. The lowest BCUT2D eigenvalue weighted by atomic mass is 9.91. The number of aliphatic hydroxyl groups is 1. The van der Waals surface area contributed by atoms with E-state index in [2.05, 4.69) is 27.8 Å². The zero-order valence-corrected chi connectivity index (χ0v) is 17.9. The first-order valence-electron chi connectivity index (χ1n) is 10.7. The van der Waals surface area contributed by atoms with Crippen LogP contribution in [0.25, 0.3) is 10.9 Å². The van der Waals surface area contributed by atoms with Gasteiger partial charge in [-0.15, -0.1) is 0 Å². The van der Waals surface area contributed by atoms with Crippen LogP contribution in [0.3, 0.4) is 0 Å². The maximum absolute atomic E-state index is 12.2. The maximum Gasteiger partial charge on any atom is 0.253 e. The van der Waals surface area contributed by atoms with E-state index in [0.717, 1.165) is 54.5 Å². The number of nitrogens with zero attached hydrogens (tertiary/aromatic N) is 1. The van der Waals surface area contributed by atoms with Crippen LogP contribution in [0.15, 0.2) is 54.1 Å². The van der Waals surface area contributed by atoms with Crippen LogP contribution in [0, 0.1) is 6.92 Å². The molecular formula is C24H30N4O3. The van der Waals surface area contributed by atoms with Gasteiger partial charge in [0.2, 0.25) is 0 Å². The highest BCUT2D eigenvalue weighted by atomic mass is 16.3. The number of unbranched alkanes of at least 4 members (excludes halogenated alkanes) is 3. The number of hydrogen-bond donors (Lipinski definition) is 4. The van der Waals surface area contributed by atoms with Crippen molar-refractivity contribution >= 4 is 28.4 Å². The summed E-state index contributed by atoms with van der Waals surface area (Å²) in [5, 5.41) is 17.5. The van der Waals surface area contributed by atoms with Crippen LogP contribution in [0.2, 0.25) is 0 Å². The Balaban J connectivity index is 1.31. The number of nitrogens with two attached hydrogens (primary N) is 1. The zero-order chi connectivity index (χ0) is 22.3. The number of fused-ring (bicyclic) bond motifs is 1. The molecule has 1 aliphatic rings. The SMILES string of the molecule is Cc1cc(NCCCCCCNC(=O)C2=CCC(O)(C(N)=O)C=C2)c2ccccc2n1. The van der Waals surface area contributed by atoms with Crippen LogP contribution in [0.4, 0.5) is 5.69 Å². The molecule has 164 valence electrons. The Hall–Kier alpha value is -3.19. The number of benzene rings is 1. The van der Waals surface area contributed by atoms with Gasteiger partial charge in [-0.25, -0.2) is 0 Å². The van der Waals surface area contributed by atoms with Gasteiger partial charge in [0.25, 0.3) is 11.8 Å². The summed E-state index contributed by atoms with van der Waals surface area (Å²) >= 11 is 0. The van der Waals surface area contributed by atoms with Gasteiger partial charge in [0.05, 0.1) is 5.52 Å². The summed E-state index contributed by atoms with van der Waals surface area (Å²) in [6.45, 7) is 3.48. The summed E-state index contributed by atoms with van der Waals surface area (Å²) in [7, 11) is 0. The van der Waals surface area contributed by atoms with E-state index in [-0.39, 0.29) is 12.3 Å². The Bertz CT molecular complexity index is 1020. The first kappa shape index (κ1) is 22.5. The summed E-state index contributed by atoms with van der Waals surface area (Å²) in [5.41, 5.74) is 7.02. The lowest BCUT2D eigenvalue weighted by molar-refractivity contribution is -0.131. The van der Waals surface area contributed by atoms with Crippen molar-refractivity contribution in [3.63, 3.8) is 0 Å². The first-order valence-corrected chi connectivity index (χ1v) is 10.7. The van der Waals surface area contributed by atoms with E-state index in [1.165, 1.54) is 18.2 Å². The average Bonchev–Trinajstić information content (AvgIpc) is 2.75. The molecule has 0 saturated heterocycles. The molecule has 2 amide bonds. The highest BCUT2D eigenvalue weighted by Gasteiger charge is 2.32. The van der Waals surface area contributed by atoms with Crippen molar-refractivity contribution in [2.45, 2.75) is 44.6 Å². The number of para-hydroxylation sites is 1. The van der Waals surface area contributed by atoms with Crippen molar-refractivity contribution in [3.05, 3.63) is 59.8 Å². The molecule has 0 radical (unpaired) electrons. The molecule has 0 saturated carbocycles. The number of anilines is 1. The van der Waals surface area contributed by atoms with Crippen LogP contribution in [-0.4, -0.2) is 40.6 Å². The quantitative estimate of drug-likeness (QED) is 0.439. The molecule has 1 aromatic heterocycles. The molecule has 0 aliphatic heterocycles. The number of amides is 2. The van der Waals surface area contributed by atoms with Crippen molar-refractivity contribution in [2.75, 3.05) is 18.4 Å². The van der Waals surface area contributed by atoms with Crippen LogP contribution in [-0.2, 0) is 9.59 Å². The largest absolute Gasteiger partial charge is 0.384 e. The van der Waals surface area contributed by atoms with E-state index < -0.39 is 11.5 Å². The fourth-order valence-electron chi connectivity index (χ4n) is 3.57. The number of carbonyl (C=O) groups is 2. The number of nitrogens with one attached hydrogen (secondary N) is 2. The minimum atomic E-state index is -1.70. The molecule has 0 spiro atoms. The minimum Gasteiger partial charge on any atom is -0.384 e. The predicted molar refractivity (Wildman–Crippen MR) is 122 cm³/mol. The van der Waals surface area contributed by atoms with E-state index >= 15 is 0 Å². The molecule has 1 aliphatic carbocycles. The van der Waals surface area contributed by atoms with E-state index in [1.54, 1.807) is 0 Å². The Morgan fingerprint density at radius 3 is 2.61 bits per heavy atom. The highest BCUT2D eigenvalue weighted by molar-refractivity contribution is 5.97. The highest BCUT2D eigenvalue weighted by Crippen LogP contribution is 2.23. The fraction of sp³-hybridized carbons (Fsp3) is 0.375. The van der Waals surface area contributed by atoms with Gasteiger partial charge < -0.3 is 21.5 Å². The lowest BCUT2D eigenvalue weighted by Gasteiger charge is -2.22. The standard InChI is InChI=1S/C24H30N4O3/c1-17-16-21(19-8-4-5-9-20(19)28-17)26-14-6-2-3-7-15-27-22(29)18-10-12-24(31,13-11-18)23(25)30/h4-5,8-12,16,31H,2-3,6-7,13-15H2,1H3,(H2,25,30)(H,26,28)(H,27,29). The molecule has 1 aromatic carbocycles. The molecule has 2 aromatic rings. The van der Waals surface area contributed by atoms with Gasteiger partial charge in [0.1, 0.15) is 0 Å². The fourth-order valence-corrected chi connectivity index (χ4v) is 3.57. The van der Waals surface area contributed by atoms with Crippen molar-refractivity contribution in [2.24, 2.45) is 5.73 Å². The molecular weight excluding hydrogens is 392 g/mol. The number of aromatic nitrogens is 1. The predicted octanol–water partition coefficient (Wildman–Crippen LogP) is 2.73. The average molecular weight is 423 g/mol. The topological polar surface area (TPSA) is 117 Å². The van der Waals surface area contributed by atoms with E-state index in [1.807, 2.05) is 25.1 Å². The third kappa shape index (κ3) is 5.92. The number of pyridine rings is 1. The van der Waals surface area contributed by atoms with Crippen LogP contribution in [0.5, 0.6) is 0 Å². The van der Waals surface area contributed by atoms with Crippen molar-refractivity contribution < 1.29 is 14.7 Å². The van der Waals surface area contributed by atoms with E-state index in [0.29, 0.717) is 12.1 Å². The van der Waals surface area contributed by atoms with E-state index in [4.69, 9.17) is 5.73 Å². The molecule has 31 heavy (non-hydrogen) atoms.